The van der Waals surface area contributed by atoms with Gasteiger partial charge in [-0.1, -0.05) is 23.3 Å². The molecule has 0 aromatic heterocycles. The highest BCUT2D eigenvalue weighted by Gasteiger charge is 2.77. The fourth-order valence-corrected chi connectivity index (χ4v) is 8.05. The van der Waals surface area contributed by atoms with Gasteiger partial charge < -0.3 is 9.84 Å². The number of likely N-dealkylation sites (tertiary alicyclic amines) is 1. The number of allylic oxidation sites excluding steroid dienone is 2. The van der Waals surface area contributed by atoms with Gasteiger partial charge in [-0.25, -0.2) is 31.6 Å². The van der Waals surface area contributed by atoms with Crippen molar-refractivity contribution in [2.75, 3.05) is 12.0 Å². The van der Waals surface area contributed by atoms with E-state index in [-0.39, 0.29) is 32.4 Å². The summed E-state index contributed by atoms with van der Waals surface area (Å²) in [4.78, 5) is 61.4. The molecule has 4 aliphatic rings. The molecule has 17 heteroatoms. The molecular weight excluding hydrogens is 678 g/mol. The first-order valence-electron chi connectivity index (χ1n) is 13.0. The van der Waals surface area contributed by atoms with Crippen molar-refractivity contribution in [3.63, 3.8) is 0 Å². The molecule has 2 aliphatic carbocycles. The van der Waals surface area contributed by atoms with E-state index in [2.05, 4.69) is 4.74 Å². The van der Waals surface area contributed by atoms with Gasteiger partial charge in [-0.05, 0) is 37.0 Å². The lowest BCUT2D eigenvalue weighted by atomic mass is 9.56. The largest absolute Gasteiger partial charge is 0.508 e. The normalized spacial score (nSPS) is 30.7. The molecule has 6 unspecified atom stereocenters. The second-order valence-corrected chi connectivity index (χ2v) is 12.6. The summed E-state index contributed by atoms with van der Waals surface area (Å²) in [7, 11) is 0.930. The third-order valence-corrected chi connectivity index (χ3v) is 10.5. The summed E-state index contributed by atoms with van der Waals surface area (Å²) < 4.78 is 77.0. The first kappa shape index (κ1) is 31.2. The van der Waals surface area contributed by atoms with Crippen molar-refractivity contribution < 1.29 is 55.8 Å². The lowest BCUT2D eigenvalue weighted by molar-refractivity contribution is -0.138. The summed E-state index contributed by atoms with van der Waals surface area (Å²) in [5, 5.41) is 10.9. The van der Waals surface area contributed by atoms with Gasteiger partial charge in [0.25, 0.3) is 11.8 Å². The highest BCUT2D eigenvalue weighted by atomic mass is 35.5. The number of benzene rings is 2. The molecule has 2 saturated heterocycles. The number of ether oxygens (including phenoxy) is 1. The molecule has 1 N–H and O–H groups in total. The van der Waals surface area contributed by atoms with Gasteiger partial charge in [0.05, 0.1) is 18.9 Å². The van der Waals surface area contributed by atoms with Crippen LogP contribution in [0.25, 0.3) is 0 Å². The Morgan fingerprint density at radius 3 is 2.13 bits per heavy atom. The topological polar surface area (TPSA) is 121 Å². The van der Waals surface area contributed by atoms with Gasteiger partial charge in [0.2, 0.25) is 17.6 Å². The number of amides is 5. The number of hydrogen-bond acceptors (Lipinski definition) is 7. The number of alkyl halides is 2. The number of hydrogen-bond donors (Lipinski definition) is 1. The molecular formula is C28H16Cl3F5N2O7. The Kier molecular flexibility index (Phi) is 7.03. The van der Waals surface area contributed by atoms with Crippen molar-refractivity contribution in [1.82, 2.24) is 4.90 Å². The molecule has 2 aromatic rings. The minimum atomic E-state index is -2.84. The zero-order valence-electron chi connectivity index (χ0n) is 22.3. The zero-order valence-corrected chi connectivity index (χ0v) is 24.6. The van der Waals surface area contributed by atoms with Crippen LogP contribution in [0.4, 0.5) is 32.4 Å². The molecule has 6 atom stereocenters. The summed E-state index contributed by atoms with van der Waals surface area (Å²) in [5.74, 6) is -24.1. The summed E-state index contributed by atoms with van der Waals surface area (Å²) >= 11 is 20.0. The number of rotatable bonds is 2. The predicted molar refractivity (Wildman–Crippen MR) is 144 cm³/mol. The van der Waals surface area contributed by atoms with E-state index in [9.17, 15) is 42.3 Å². The minimum Gasteiger partial charge on any atom is -0.508 e. The quantitative estimate of drug-likeness (QED) is 0.117. The average Bonchev–Trinajstić information content (AvgIpc) is 3.34. The third kappa shape index (κ3) is 3.81. The fraction of sp³-hybridized carbons (Fsp3) is 0.321. The number of nitrogens with zero attached hydrogens (tertiary/aromatic N) is 2. The van der Waals surface area contributed by atoms with Crippen molar-refractivity contribution in [3.05, 3.63) is 69.5 Å². The summed E-state index contributed by atoms with van der Waals surface area (Å²) in [5.41, 5.74) is -2.13. The van der Waals surface area contributed by atoms with E-state index in [1.807, 2.05) is 0 Å². The summed E-state index contributed by atoms with van der Waals surface area (Å²) in [6.07, 6.45) is -0.897. The molecule has 2 heterocycles. The van der Waals surface area contributed by atoms with E-state index >= 15 is 8.78 Å². The Labute approximate surface area is 264 Å². The highest BCUT2D eigenvalue weighted by Crippen LogP contribution is 2.66. The van der Waals surface area contributed by atoms with Crippen molar-refractivity contribution in [2.45, 2.75) is 28.5 Å². The monoisotopic (exact) mass is 692 g/mol. The van der Waals surface area contributed by atoms with Crippen LogP contribution in [0.15, 0.2) is 29.8 Å². The van der Waals surface area contributed by atoms with Gasteiger partial charge in [-0.2, -0.15) is 4.90 Å². The van der Waals surface area contributed by atoms with Gasteiger partial charge in [0.15, 0.2) is 33.0 Å². The summed E-state index contributed by atoms with van der Waals surface area (Å²) in [6, 6.07) is 3.48. The van der Waals surface area contributed by atoms with E-state index < -0.39 is 110 Å². The first-order chi connectivity index (χ1) is 21.0. The second kappa shape index (κ2) is 10.1. The minimum absolute atomic E-state index is 0.0305. The third-order valence-electron chi connectivity index (χ3n) is 8.88. The number of phenols is 1. The number of fused-ring (bicyclic) bond motifs is 4. The molecule has 45 heavy (non-hydrogen) atoms. The van der Waals surface area contributed by atoms with Crippen LogP contribution >= 0.6 is 34.8 Å². The van der Waals surface area contributed by atoms with Crippen molar-refractivity contribution in [3.8, 4) is 5.75 Å². The smallest absolute Gasteiger partial charge is 0.423 e. The Morgan fingerprint density at radius 1 is 0.933 bits per heavy atom. The second-order valence-electron chi connectivity index (χ2n) is 10.9. The number of carbonyl (C=O) groups is 5. The van der Waals surface area contributed by atoms with Crippen molar-refractivity contribution in [2.24, 2.45) is 17.8 Å². The van der Waals surface area contributed by atoms with Crippen LogP contribution in [0.3, 0.4) is 0 Å². The van der Waals surface area contributed by atoms with Crippen LogP contribution in [-0.2, 0) is 23.9 Å². The Morgan fingerprint density at radius 2 is 1.53 bits per heavy atom. The highest BCUT2D eigenvalue weighted by molar-refractivity contribution is 6.58. The van der Waals surface area contributed by atoms with Gasteiger partial charge in [0.1, 0.15) is 11.4 Å². The Hall–Kier alpha value is -3.75. The number of methoxy groups -OCH3 is 1. The maximum absolute atomic E-state index is 15.0. The molecule has 0 bridgehead atoms. The molecule has 3 fully saturated rings. The molecule has 9 nitrogen and oxygen atoms in total. The van der Waals surface area contributed by atoms with Crippen LogP contribution < -0.4 is 4.90 Å². The van der Waals surface area contributed by atoms with Crippen LogP contribution in [0.2, 0.25) is 5.02 Å². The number of anilines is 1. The van der Waals surface area contributed by atoms with Gasteiger partial charge >= 0.3 is 6.09 Å². The number of carbonyl (C=O) groups excluding carboxylic acids is 5. The zero-order chi connectivity index (χ0) is 33.1. The number of phenolic OH excluding ortho intramolecular Hbond substituents is 1. The lowest BCUT2D eigenvalue weighted by Crippen LogP contribution is -2.60. The average molecular weight is 694 g/mol. The van der Waals surface area contributed by atoms with Crippen molar-refractivity contribution in [1.29, 1.82) is 0 Å². The van der Waals surface area contributed by atoms with Gasteiger partial charge in [-0.3, -0.25) is 19.2 Å². The standard InChI is InChI=1S/C28H16Cl3F5N2O7/c1-45-26(44)38-22(40)10-4-3-9-12(14(10)23(38)41)7-27(30)24(42)37(21-19(35)17(33)16(32)18(34)20(21)36)25(43)28(27,31)15(9)11-6-8(29)2-5-13(11)39/h2-3,5-6,10,12,14-15,39H,4,7H2,1H3. The lowest BCUT2D eigenvalue weighted by Gasteiger charge is -2.50. The van der Waals surface area contributed by atoms with E-state index in [0.717, 1.165) is 19.2 Å². The molecule has 2 aliphatic heterocycles. The number of aromatic hydroxyl groups is 1. The van der Waals surface area contributed by atoms with Crippen LogP contribution in [0.5, 0.6) is 5.75 Å². The molecule has 236 valence electrons. The van der Waals surface area contributed by atoms with E-state index in [1.165, 1.54) is 12.1 Å². The fourth-order valence-electron chi connectivity index (χ4n) is 6.94. The van der Waals surface area contributed by atoms with Crippen LogP contribution in [0.1, 0.15) is 24.3 Å². The van der Waals surface area contributed by atoms with E-state index in [4.69, 9.17) is 34.8 Å². The van der Waals surface area contributed by atoms with Crippen LogP contribution in [0, 0.1) is 46.8 Å². The molecule has 2 aromatic carbocycles. The maximum atomic E-state index is 15.0. The first-order valence-corrected chi connectivity index (χ1v) is 14.1. The Bertz CT molecular complexity index is 1800. The number of halogens is 8. The molecule has 0 spiro atoms. The molecule has 6 rings (SSSR count). The molecule has 5 amide bonds. The van der Waals surface area contributed by atoms with Gasteiger partial charge in [0, 0.05) is 16.5 Å². The molecule has 1 saturated carbocycles. The van der Waals surface area contributed by atoms with E-state index in [1.54, 1.807) is 0 Å². The Balaban J connectivity index is 1.61. The summed E-state index contributed by atoms with van der Waals surface area (Å²) in [6.45, 7) is 0. The van der Waals surface area contributed by atoms with E-state index in [0.29, 0.717) is 0 Å². The number of imide groups is 4. The SMILES string of the molecule is COC(=O)N1C(=O)C2CC=C3C(CC4(Cl)C(=O)N(c5c(F)c(F)c(F)c(F)c5F)C(=O)C4(Cl)C3c3cc(Cl)ccc3O)C2C1=O. The van der Waals surface area contributed by atoms with Crippen molar-refractivity contribution >= 4 is 70.2 Å². The predicted octanol–water partition coefficient (Wildman–Crippen LogP) is 5.07. The molecule has 0 radical (unpaired) electrons. The van der Waals surface area contributed by atoms with Gasteiger partial charge in [-0.15, -0.1) is 23.2 Å². The maximum Gasteiger partial charge on any atom is 0.423 e. The van der Waals surface area contributed by atoms with Crippen LogP contribution in [-0.4, -0.2) is 56.6 Å².